The number of rotatable bonds is 5. The SMILES string of the molecule is Cc1ccc(S(=O)(=O)NCC(=O)O[C@@H](C)C#N)cc1C. The first-order valence-electron chi connectivity index (χ1n) is 5.92. The molecule has 1 N–H and O–H groups in total. The van der Waals surface area contributed by atoms with Gasteiger partial charge in [0.1, 0.15) is 12.6 Å². The Balaban J connectivity index is 2.73. The summed E-state index contributed by atoms with van der Waals surface area (Å²) < 4.78 is 30.7. The molecule has 0 saturated heterocycles. The molecule has 7 heteroatoms. The highest BCUT2D eigenvalue weighted by Gasteiger charge is 2.17. The lowest BCUT2D eigenvalue weighted by Crippen LogP contribution is -2.32. The van der Waals surface area contributed by atoms with Crippen molar-refractivity contribution in [2.45, 2.75) is 31.8 Å². The van der Waals surface area contributed by atoms with Crippen molar-refractivity contribution in [2.75, 3.05) is 6.54 Å². The lowest BCUT2D eigenvalue weighted by atomic mass is 10.1. The van der Waals surface area contributed by atoms with E-state index >= 15 is 0 Å². The average molecular weight is 296 g/mol. The van der Waals surface area contributed by atoms with Crippen LogP contribution in [0.5, 0.6) is 0 Å². The van der Waals surface area contributed by atoms with Crippen molar-refractivity contribution in [3.63, 3.8) is 0 Å². The summed E-state index contributed by atoms with van der Waals surface area (Å²) in [6.07, 6.45) is -0.909. The first-order valence-corrected chi connectivity index (χ1v) is 7.40. The van der Waals surface area contributed by atoms with Gasteiger partial charge in [0.05, 0.1) is 4.90 Å². The normalized spacial score (nSPS) is 12.5. The molecule has 1 rings (SSSR count). The van der Waals surface area contributed by atoms with Crippen molar-refractivity contribution < 1.29 is 17.9 Å². The Hall–Kier alpha value is -1.91. The molecule has 108 valence electrons. The Morgan fingerprint density at radius 2 is 2.05 bits per heavy atom. The molecule has 1 aromatic carbocycles. The topological polar surface area (TPSA) is 96.3 Å². The van der Waals surface area contributed by atoms with Crippen LogP contribution in [0.25, 0.3) is 0 Å². The maximum Gasteiger partial charge on any atom is 0.322 e. The quantitative estimate of drug-likeness (QED) is 0.819. The lowest BCUT2D eigenvalue weighted by Gasteiger charge is -2.09. The zero-order valence-corrected chi connectivity index (χ0v) is 12.3. The highest BCUT2D eigenvalue weighted by atomic mass is 32.2. The fourth-order valence-corrected chi connectivity index (χ4v) is 2.44. The first-order chi connectivity index (χ1) is 9.26. The minimum Gasteiger partial charge on any atom is -0.446 e. The largest absolute Gasteiger partial charge is 0.446 e. The molecule has 0 aliphatic rings. The van der Waals surface area contributed by atoms with Crippen molar-refractivity contribution in [1.82, 2.24) is 4.72 Å². The number of benzene rings is 1. The summed E-state index contributed by atoms with van der Waals surface area (Å²) in [7, 11) is -3.77. The van der Waals surface area contributed by atoms with E-state index in [2.05, 4.69) is 9.46 Å². The highest BCUT2D eigenvalue weighted by Crippen LogP contribution is 2.14. The second kappa shape index (κ2) is 6.50. The van der Waals surface area contributed by atoms with Gasteiger partial charge in [-0.05, 0) is 44.0 Å². The van der Waals surface area contributed by atoms with E-state index in [0.29, 0.717) is 0 Å². The van der Waals surface area contributed by atoms with Crippen molar-refractivity contribution in [3.8, 4) is 6.07 Å². The van der Waals surface area contributed by atoms with Gasteiger partial charge in [0.2, 0.25) is 10.0 Å². The molecule has 0 radical (unpaired) electrons. The lowest BCUT2D eigenvalue weighted by molar-refractivity contribution is -0.144. The summed E-state index contributed by atoms with van der Waals surface area (Å²) in [6.45, 7) is 4.56. The number of nitrogens with zero attached hydrogens (tertiary/aromatic N) is 1. The molecule has 0 amide bonds. The predicted octanol–water partition coefficient (Wildman–Crippen LogP) is 1.04. The number of nitrogens with one attached hydrogen (secondary N) is 1. The summed E-state index contributed by atoms with van der Waals surface area (Å²) in [5.41, 5.74) is 1.82. The summed E-state index contributed by atoms with van der Waals surface area (Å²) in [4.78, 5) is 11.4. The molecular formula is C13H16N2O4S. The van der Waals surface area contributed by atoms with E-state index in [1.165, 1.54) is 19.1 Å². The van der Waals surface area contributed by atoms with Gasteiger partial charge in [-0.2, -0.15) is 9.98 Å². The number of hydrogen-bond acceptors (Lipinski definition) is 5. The van der Waals surface area contributed by atoms with Crippen LogP contribution in [-0.2, 0) is 19.6 Å². The fraction of sp³-hybridized carbons (Fsp3) is 0.385. The Bertz CT molecular complexity index is 647. The number of carbonyl (C=O) groups excluding carboxylic acids is 1. The average Bonchev–Trinajstić information content (AvgIpc) is 2.39. The van der Waals surface area contributed by atoms with E-state index in [4.69, 9.17) is 5.26 Å². The minimum atomic E-state index is -3.77. The zero-order chi connectivity index (χ0) is 15.3. The molecule has 20 heavy (non-hydrogen) atoms. The number of carbonyl (C=O) groups is 1. The van der Waals surface area contributed by atoms with Gasteiger partial charge in [-0.3, -0.25) is 4.79 Å². The highest BCUT2D eigenvalue weighted by molar-refractivity contribution is 7.89. The molecule has 1 aromatic rings. The van der Waals surface area contributed by atoms with E-state index < -0.39 is 28.6 Å². The summed E-state index contributed by atoms with van der Waals surface area (Å²) in [5, 5.41) is 8.48. The maximum atomic E-state index is 12.0. The third kappa shape index (κ3) is 4.33. The first kappa shape index (κ1) is 16.1. The van der Waals surface area contributed by atoms with Crippen molar-refractivity contribution in [2.24, 2.45) is 0 Å². The Labute approximate surface area is 118 Å². The smallest absolute Gasteiger partial charge is 0.322 e. The van der Waals surface area contributed by atoms with Crippen LogP contribution in [0.4, 0.5) is 0 Å². The third-order valence-electron chi connectivity index (χ3n) is 2.69. The summed E-state index contributed by atoms with van der Waals surface area (Å²) in [6, 6.07) is 6.41. The standard InChI is InChI=1S/C13H16N2O4S/c1-9-4-5-12(6-10(9)2)20(17,18)15-8-13(16)19-11(3)7-14/h4-6,11,15H,8H2,1-3H3/t11-/m0/s1. The van der Waals surface area contributed by atoms with E-state index in [-0.39, 0.29) is 4.90 Å². The summed E-state index contributed by atoms with van der Waals surface area (Å²) in [5.74, 6) is -0.800. The van der Waals surface area contributed by atoms with Crippen LogP contribution in [0.15, 0.2) is 23.1 Å². The molecule has 0 saturated carbocycles. The monoisotopic (exact) mass is 296 g/mol. The summed E-state index contributed by atoms with van der Waals surface area (Å²) >= 11 is 0. The van der Waals surface area contributed by atoms with Crippen LogP contribution >= 0.6 is 0 Å². The molecule has 0 aliphatic carbocycles. The molecular weight excluding hydrogens is 280 g/mol. The molecule has 0 aromatic heterocycles. The predicted molar refractivity (Wildman–Crippen MR) is 72.3 cm³/mol. The number of aryl methyl sites for hydroxylation is 2. The second-order valence-corrected chi connectivity index (χ2v) is 6.10. The van der Waals surface area contributed by atoms with Gasteiger partial charge < -0.3 is 4.74 Å². The third-order valence-corrected chi connectivity index (χ3v) is 4.08. The maximum absolute atomic E-state index is 12.0. The fourth-order valence-electron chi connectivity index (χ4n) is 1.38. The molecule has 0 heterocycles. The Morgan fingerprint density at radius 1 is 1.40 bits per heavy atom. The molecule has 0 bridgehead atoms. The van der Waals surface area contributed by atoms with Gasteiger partial charge in [0, 0.05) is 0 Å². The van der Waals surface area contributed by atoms with E-state index in [0.717, 1.165) is 11.1 Å². The molecule has 0 spiro atoms. The minimum absolute atomic E-state index is 0.0849. The van der Waals surface area contributed by atoms with Gasteiger partial charge >= 0.3 is 5.97 Å². The van der Waals surface area contributed by atoms with Crippen molar-refractivity contribution >= 4 is 16.0 Å². The zero-order valence-electron chi connectivity index (χ0n) is 11.5. The second-order valence-electron chi connectivity index (χ2n) is 4.33. The molecule has 0 unspecified atom stereocenters. The van der Waals surface area contributed by atoms with Crippen LogP contribution < -0.4 is 4.72 Å². The molecule has 6 nitrogen and oxygen atoms in total. The number of sulfonamides is 1. The van der Waals surface area contributed by atoms with E-state index in [1.807, 2.05) is 6.92 Å². The van der Waals surface area contributed by atoms with Crippen molar-refractivity contribution in [3.05, 3.63) is 29.3 Å². The van der Waals surface area contributed by atoms with Crippen LogP contribution in [0.1, 0.15) is 18.1 Å². The van der Waals surface area contributed by atoms with E-state index in [1.54, 1.807) is 19.1 Å². The van der Waals surface area contributed by atoms with Crippen LogP contribution in [0.2, 0.25) is 0 Å². The Morgan fingerprint density at radius 3 is 2.60 bits per heavy atom. The van der Waals surface area contributed by atoms with Crippen LogP contribution in [0.3, 0.4) is 0 Å². The number of nitriles is 1. The van der Waals surface area contributed by atoms with Gasteiger partial charge in [-0.25, -0.2) is 8.42 Å². The van der Waals surface area contributed by atoms with E-state index in [9.17, 15) is 13.2 Å². The van der Waals surface area contributed by atoms with Gasteiger partial charge in [-0.15, -0.1) is 0 Å². The number of hydrogen-bond donors (Lipinski definition) is 1. The number of esters is 1. The Kier molecular flexibility index (Phi) is 5.25. The van der Waals surface area contributed by atoms with Gasteiger partial charge in [-0.1, -0.05) is 6.07 Å². The van der Waals surface area contributed by atoms with Gasteiger partial charge in [0.25, 0.3) is 0 Å². The van der Waals surface area contributed by atoms with Crippen LogP contribution in [-0.4, -0.2) is 27.0 Å². The van der Waals surface area contributed by atoms with Crippen molar-refractivity contribution in [1.29, 1.82) is 5.26 Å². The number of ether oxygens (including phenoxy) is 1. The van der Waals surface area contributed by atoms with Crippen LogP contribution in [0, 0.1) is 25.2 Å². The molecule has 1 atom stereocenters. The molecule has 0 fully saturated rings. The van der Waals surface area contributed by atoms with Gasteiger partial charge in [0.15, 0.2) is 6.10 Å². The molecule has 0 aliphatic heterocycles.